The van der Waals surface area contributed by atoms with Crippen LogP contribution >= 0.6 is 0 Å². The summed E-state index contributed by atoms with van der Waals surface area (Å²) in [6.45, 7) is 20.4. The quantitative estimate of drug-likeness (QED) is 0.164. The molecule has 12 fully saturated rings. The second kappa shape index (κ2) is 12.8. The van der Waals surface area contributed by atoms with Gasteiger partial charge in [-0.05, 0) is 147 Å². The van der Waals surface area contributed by atoms with E-state index in [4.69, 9.17) is 29.3 Å². The van der Waals surface area contributed by atoms with E-state index >= 15 is 0 Å². The number of nitrogens with zero attached hydrogens (tertiary/aromatic N) is 2. The first-order chi connectivity index (χ1) is 26.7. The molecule has 4 aliphatic heterocycles. The SMILES string of the molecule is C=C1C2CCC3C(CCC4C5(C)CCCC43C3OCCN3C5)(C2)C1O.C=C1C2CCC3C(CCC4C5(C)CCCC43C3OCCN3C5)(C2)C1O.O=C(O)C(=O)O. The molecule has 0 aromatic heterocycles. The van der Waals surface area contributed by atoms with Crippen molar-refractivity contribution in [2.75, 3.05) is 39.4 Å². The van der Waals surface area contributed by atoms with Crippen LogP contribution in [0.3, 0.4) is 0 Å². The van der Waals surface area contributed by atoms with Crippen LogP contribution < -0.4 is 0 Å². The van der Waals surface area contributed by atoms with E-state index in [1.807, 2.05) is 0 Å². The van der Waals surface area contributed by atoms with Gasteiger partial charge in [-0.3, -0.25) is 9.80 Å². The van der Waals surface area contributed by atoms with E-state index in [-0.39, 0.29) is 33.9 Å². The molecule has 8 aliphatic carbocycles. The lowest BCUT2D eigenvalue weighted by molar-refractivity contribution is -0.276. The van der Waals surface area contributed by atoms with Crippen molar-refractivity contribution >= 4 is 11.9 Å². The first kappa shape index (κ1) is 38.4. The van der Waals surface area contributed by atoms with Gasteiger partial charge in [0.2, 0.25) is 0 Å². The predicted molar refractivity (Wildman–Crippen MR) is 209 cm³/mol. The number of piperidine rings is 2. The highest BCUT2D eigenvalue weighted by Crippen LogP contribution is 2.77. The molecule has 2 spiro atoms. The highest BCUT2D eigenvalue weighted by Gasteiger charge is 2.75. The first-order valence-electron chi connectivity index (χ1n) is 22.6. The molecule has 0 radical (unpaired) electrons. The van der Waals surface area contributed by atoms with Crippen LogP contribution in [-0.2, 0) is 19.1 Å². The Morgan fingerprint density at radius 3 is 1.41 bits per heavy atom. The Kier molecular flexibility index (Phi) is 8.80. The van der Waals surface area contributed by atoms with Crippen LogP contribution in [-0.4, -0.2) is 106 Å². The summed E-state index contributed by atoms with van der Waals surface area (Å²) in [5, 5.41) is 37.4. The Balaban J connectivity index is 0.000000120. The van der Waals surface area contributed by atoms with Gasteiger partial charge in [0.05, 0.1) is 25.4 Å². The fourth-order valence-electron chi connectivity index (χ4n) is 18.6. The van der Waals surface area contributed by atoms with Gasteiger partial charge >= 0.3 is 11.9 Å². The number of ether oxygens (including phenoxy) is 2. The summed E-state index contributed by atoms with van der Waals surface area (Å²) in [5.41, 5.74) is 4.05. The lowest BCUT2D eigenvalue weighted by atomic mass is 9.38. The van der Waals surface area contributed by atoms with Crippen LogP contribution in [0.25, 0.3) is 0 Å². The minimum Gasteiger partial charge on any atom is -0.473 e. The highest BCUT2D eigenvalue weighted by atomic mass is 16.5. The standard InChI is InChI=1S/2C22H33NO2.C2H2O4/c2*1-14-15-4-5-17-21(12-15,18(14)24)9-6-16-20(2)7-3-8-22(16,17)19-23(13-20)10-11-25-19;3-1(4)2(5)6/h2*15-19,24H,1,3-13H2,2H3;(H,3,4)(H,5,6). The zero-order valence-electron chi connectivity index (χ0n) is 34.1. The van der Waals surface area contributed by atoms with Crippen molar-refractivity contribution in [2.24, 2.45) is 68.0 Å². The summed E-state index contributed by atoms with van der Waals surface area (Å²) in [6.07, 6.45) is 20.8. The van der Waals surface area contributed by atoms with E-state index < -0.39 is 11.9 Å². The lowest BCUT2D eigenvalue weighted by Crippen LogP contribution is -2.71. The monoisotopic (exact) mass is 776 g/mol. The minimum absolute atomic E-state index is 0.115. The molecule has 4 saturated heterocycles. The largest absolute Gasteiger partial charge is 0.473 e. The molecule has 16 atom stereocenters. The van der Waals surface area contributed by atoms with Gasteiger partial charge in [-0.25, -0.2) is 9.59 Å². The molecule has 10 heteroatoms. The zero-order valence-corrected chi connectivity index (χ0v) is 34.1. The summed E-state index contributed by atoms with van der Waals surface area (Å²) in [4.78, 5) is 23.6. The molecule has 8 bridgehead atoms. The first-order valence-corrected chi connectivity index (χ1v) is 22.6. The summed E-state index contributed by atoms with van der Waals surface area (Å²) in [5.74, 6) is 0.369. The third-order valence-electron chi connectivity index (χ3n) is 20.1. The van der Waals surface area contributed by atoms with Crippen molar-refractivity contribution in [3.63, 3.8) is 0 Å². The van der Waals surface area contributed by atoms with Crippen molar-refractivity contribution in [1.82, 2.24) is 9.80 Å². The number of aliphatic hydroxyl groups is 2. The van der Waals surface area contributed by atoms with E-state index in [0.29, 0.717) is 47.0 Å². The third kappa shape index (κ3) is 4.83. The Bertz CT molecular complexity index is 1570. The van der Waals surface area contributed by atoms with Gasteiger partial charge < -0.3 is 29.9 Å². The van der Waals surface area contributed by atoms with Gasteiger partial charge in [0.1, 0.15) is 12.5 Å². The van der Waals surface area contributed by atoms with E-state index in [9.17, 15) is 10.2 Å². The van der Waals surface area contributed by atoms with Gasteiger partial charge in [-0.2, -0.15) is 0 Å². The molecular formula is C46H68N2O8. The van der Waals surface area contributed by atoms with E-state index in [1.54, 1.807) is 0 Å². The average Bonchev–Trinajstić information content (AvgIpc) is 3.92. The van der Waals surface area contributed by atoms with Crippen molar-refractivity contribution in [1.29, 1.82) is 0 Å². The summed E-state index contributed by atoms with van der Waals surface area (Å²) < 4.78 is 13.0. The second-order valence-electron chi connectivity index (χ2n) is 21.9. The molecular weight excluding hydrogens is 709 g/mol. The molecule has 0 amide bonds. The van der Waals surface area contributed by atoms with E-state index in [2.05, 4.69) is 36.8 Å². The summed E-state index contributed by atoms with van der Waals surface area (Å²) in [6, 6.07) is 0. The number of fused-ring (bicyclic) bond motifs is 4. The van der Waals surface area contributed by atoms with Crippen LogP contribution in [0.5, 0.6) is 0 Å². The van der Waals surface area contributed by atoms with Gasteiger partial charge in [0, 0.05) is 47.8 Å². The number of hydrogen-bond acceptors (Lipinski definition) is 8. The fraction of sp³-hybridized carbons (Fsp3) is 0.870. The number of carboxylic acids is 2. The molecule has 4 heterocycles. The summed E-state index contributed by atoms with van der Waals surface area (Å²) >= 11 is 0. The molecule has 56 heavy (non-hydrogen) atoms. The lowest BCUT2D eigenvalue weighted by Gasteiger charge is -2.70. The average molecular weight is 777 g/mol. The van der Waals surface area contributed by atoms with Crippen LogP contribution in [0.2, 0.25) is 0 Å². The topological polar surface area (TPSA) is 140 Å². The van der Waals surface area contributed by atoms with E-state index in [1.165, 1.54) is 116 Å². The van der Waals surface area contributed by atoms with Crippen molar-refractivity contribution in [3.05, 3.63) is 24.3 Å². The van der Waals surface area contributed by atoms with Gasteiger partial charge in [-0.1, -0.05) is 39.8 Å². The predicted octanol–water partition coefficient (Wildman–Crippen LogP) is 6.31. The number of aliphatic hydroxyl groups excluding tert-OH is 2. The maximum atomic E-state index is 11.3. The van der Waals surface area contributed by atoms with Crippen molar-refractivity contribution in [2.45, 2.75) is 141 Å². The zero-order chi connectivity index (χ0) is 39.2. The number of hydrogen-bond donors (Lipinski definition) is 4. The fourth-order valence-corrected chi connectivity index (χ4v) is 18.6. The van der Waals surface area contributed by atoms with Crippen LogP contribution in [0.1, 0.15) is 117 Å². The Labute approximate surface area is 333 Å². The molecule has 16 unspecified atom stereocenters. The normalized spacial score (nSPS) is 54.4. The van der Waals surface area contributed by atoms with Crippen LogP contribution in [0.4, 0.5) is 0 Å². The Morgan fingerprint density at radius 1 is 0.607 bits per heavy atom. The second-order valence-corrected chi connectivity index (χ2v) is 21.9. The number of aliphatic carboxylic acids is 2. The Hall–Kier alpha value is -1.82. The highest BCUT2D eigenvalue weighted by molar-refractivity contribution is 6.27. The number of carboxylic acid groups (broad SMARTS) is 2. The third-order valence-corrected chi connectivity index (χ3v) is 20.1. The molecule has 8 saturated carbocycles. The molecule has 12 aliphatic rings. The Morgan fingerprint density at radius 2 is 1.02 bits per heavy atom. The molecule has 10 nitrogen and oxygen atoms in total. The minimum atomic E-state index is -1.82. The van der Waals surface area contributed by atoms with Crippen LogP contribution in [0.15, 0.2) is 24.3 Å². The van der Waals surface area contributed by atoms with Gasteiger partial charge in [-0.15, -0.1) is 0 Å². The van der Waals surface area contributed by atoms with Gasteiger partial charge in [0.15, 0.2) is 0 Å². The maximum absolute atomic E-state index is 11.3. The molecule has 0 aromatic rings. The smallest absolute Gasteiger partial charge is 0.414 e. The molecule has 4 N–H and O–H groups in total. The summed E-state index contributed by atoms with van der Waals surface area (Å²) in [7, 11) is 0. The number of rotatable bonds is 0. The van der Waals surface area contributed by atoms with Crippen molar-refractivity contribution < 1.29 is 39.5 Å². The van der Waals surface area contributed by atoms with E-state index in [0.717, 1.165) is 49.3 Å². The number of carbonyl (C=O) groups is 2. The molecule has 12 rings (SSSR count). The van der Waals surface area contributed by atoms with Gasteiger partial charge in [0.25, 0.3) is 0 Å². The molecule has 0 aromatic carbocycles. The van der Waals surface area contributed by atoms with Crippen LogP contribution in [0, 0.1) is 68.0 Å². The molecule has 310 valence electrons. The maximum Gasteiger partial charge on any atom is 0.414 e. The van der Waals surface area contributed by atoms with Crippen molar-refractivity contribution in [3.8, 4) is 0 Å².